The van der Waals surface area contributed by atoms with Gasteiger partial charge in [0.25, 0.3) is 0 Å². The Bertz CT molecular complexity index is 401. The molecule has 2 rings (SSSR count). The molecule has 0 saturated carbocycles. The second-order valence-electron chi connectivity index (χ2n) is 4.98. The van der Waals surface area contributed by atoms with Gasteiger partial charge in [-0.2, -0.15) is 0 Å². The Labute approximate surface area is 126 Å². The van der Waals surface area contributed by atoms with E-state index in [0.717, 1.165) is 38.2 Å². The number of amides is 1. The number of rotatable bonds is 5. The van der Waals surface area contributed by atoms with Crippen molar-refractivity contribution in [3.05, 3.63) is 30.1 Å². The molecule has 2 heterocycles. The summed E-state index contributed by atoms with van der Waals surface area (Å²) in [5, 5.41) is 2.88. The van der Waals surface area contributed by atoms with E-state index < -0.39 is 0 Å². The van der Waals surface area contributed by atoms with E-state index in [0.29, 0.717) is 13.1 Å². The average molecular weight is 299 g/mol. The van der Waals surface area contributed by atoms with Crippen LogP contribution >= 0.6 is 12.4 Å². The highest BCUT2D eigenvalue weighted by Crippen LogP contribution is 2.18. The van der Waals surface area contributed by atoms with Gasteiger partial charge in [0.2, 0.25) is 5.91 Å². The van der Waals surface area contributed by atoms with E-state index in [4.69, 9.17) is 5.73 Å². The van der Waals surface area contributed by atoms with Gasteiger partial charge in [0.1, 0.15) is 0 Å². The highest BCUT2D eigenvalue weighted by Gasteiger charge is 2.25. The molecule has 1 unspecified atom stereocenters. The third-order valence-electron chi connectivity index (χ3n) is 3.43. The van der Waals surface area contributed by atoms with Crippen molar-refractivity contribution in [1.82, 2.24) is 15.2 Å². The van der Waals surface area contributed by atoms with Crippen molar-refractivity contribution in [3.63, 3.8) is 0 Å². The summed E-state index contributed by atoms with van der Waals surface area (Å²) in [4.78, 5) is 18.6. The Morgan fingerprint density at radius 1 is 1.50 bits per heavy atom. The van der Waals surface area contributed by atoms with Gasteiger partial charge in [-0.25, -0.2) is 0 Å². The number of nitrogens with one attached hydrogen (secondary N) is 1. The maximum atomic E-state index is 11.9. The molecule has 20 heavy (non-hydrogen) atoms. The lowest BCUT2D eigenvalue weighted by Crippen LogP contribution is -2.43. The van der Waals surface area contributed by atoms with Gasteiger partial charge in [-0.3, -0.25) is 14.7 Å². The number of halogens is 1. The zero-order valence-corrected chi connectivity index (χ0v) is 12.4. The highest BCUT2D eigenvalue weighted by atomic mass is 35.5. The lowest BCUT2D eigenvalue weighted by molar-refractivity contribution is -0.126. The molecule has 3 N–H and O–H groups in total. The number of pyridine rings is 1. The standard InChI is InChI=1S/C14H22N4O.ClH/c15-6-8-17-14(19)12-4-3-9-18(10-12)11-13-5-1-2-7-16-13;/h1-2,5,7,12H,3-4,6,8-11,15H2,(H,17,19);1H. The second-order valence-corrected chi connectivity index (χ2v) is 4.98. The maximum Gasteiger partial charge on any atom is 0.224 e. The summed E-state index contributed by atoms with van der Waals surface area (Å²) in [6.45, 7) is 3.73. The monoisotopic (exact) mass is 298 g/mol. The zero-order chi connectivity index (χ0) is 13.5. The number of nitrogens with two attached hydrogens (primary N) is 1. The number of carbonyl (C=O) groups is 1. The van der Waals surface area contributed by atoms with Crippen molar-refractivity contribution >= 4 is 18.3 Å². The molecule has 0 aliphatic carbocycles. The molecule has 1 aliphatic heterocycles. The molecule has 1 aliphatic rings. The number of hydrogen-bond donors (Lipinski definition) is 2. The number of likely N-dealkylation sites (tertiary alicyclic amines) is 1. The number of carbonyl (C=O) groups excluding carboxylic acids is 1. The topological polar surface area (TPSA) is 71.2 Å². The summed E-state index contributed by atoms with van der Waals surface area (Å²) < 4.78 is 0. The van der Waals surface area contributed by atoms with Crippen LogP contribution in [0.5, 0.6) is 0 Å². The summed E-state index contributed by atoms with van der Waals surface area (Å²) in [5.74, 6) is 0.222. The number of hydrogen-bond acceptors (Lipinski definition) is 4. The van der Waals surface area contributed by atoms with Crippen LogP contribution in [0.25, 0.3) is 0 Å². The van der Waals surface area contributed by atoms with Crippen LogP contribution in [0.1, 0.15) is 18.5 Å². The fraction of sp³-hybridized carbons (Fsp3) is 0.571. The fourth-order valence-electron chi connectivity index (χ4n) is 2.47. The van der Waals surface area contributed by atoms with E-state index >= 15 is 0 Å². The molecule has 1 atom stereocenters. The maximum absolute atomic E-state index is 11.9. The van der Waals surface area contributed by atoms with Gasteiger partial charge in [-0.05, 0) is 31.5 Å². The van der Waals surface area contributed by atoms with E-state index in [1.165, 1.54) is 0 Å². The van der Waals surface area contributed by atoms with Crippen molar-refractivity contribution in [1.29, 1.82) is 0 Å². The second kappa shape index (κ2) is 8.89. The summed E-state index contributed by atoms with van der Waals surface area (Å²) in [5.41, 5.74) is 6.46. The third-order valence-corrected chi connectivity index (χ3v) is 3.43. The van der Waals surface area contributed by atoms with Crippen LogP contribution in [0.4, 0.5) is 0 Å². The first-order valence-electron chi connectivity index (χ1n) is 6.89. The summed E-state index contributed by atoms with van der Waals surface area (Å²) in [6.07, 6.45) is 3.84. The molecule has 0 aromatic carbocycles. The normalized spacial score (nSPS) is 19.1. The molecule has 6 heteroatoms. The van der Waals surface area contributed by atoms with Gasteiger partial charge in [-0.1, -0.05) is 6.07 Å². The molecule has 1 aromatic heterocycles. The predicted molar refractivity (Wildman–Crippen MR) is 81.6 cm³/mol. The van der Waals surface area contributed by atoms with Gasteiger partial charge in [0.05, 0.1) is 11.6 Å². The highest BCUT2D eigenvalue weighted by molar-refractivity contribution is 5.85. The first-order chi connectivity index (χ1) is 9.29. The molecule has 1 saturated heterocycles. The molecule has 0 bridgehead atoms. The van der Waals surface area contributed by atoms with E-state index in [1.807, 2.05) is 24.4 Å². The molecule has 1 amide bonds. The van der Waals surface area contributed by atoms with Crippen LogP contribution in [0.2, 0.25) is 0 Å². The first-order valence-corrected chi connectivity index (χ1v) is 6.89. The molecule has 1 aromatic rings. The number of aromatic nitrogens is 1. The third kappa shape index (κ3) is 5.07. The number of nitrogens with zero attached hydrogens (tertiary/aromatic N) is 2. The summed E-state index contributed by atoms with van der Waals surface area (Å²) in [7, 11) is 0. The van der Waals surface area contributed by atoms with Gasteiger partial charge < -0.3 is 11.1 Å². The largest absolute Gasteiger partial charge is 0.355 e. The molecule has 0 radical (unpaired) electrons. The van der Waals surface area contributed by atoms with Gasteiger partial charge in [-0.15, -0.1) is 12.4 Å². The quantitative estimate of drug-likeness (QED) is 0.843. The Hall–Kier alpha value is -1.17. The Kier molecular flexibility index (Phi) is 7.51. The van der Waals surface area contributed by atoms with Crippen LogP contribution in [-0.2, 0) is 11.3 Å². The minimum absolute atomic E-state index is 0. The molecule has 0 spiro atoms. The first kappa shape index (κ1) is 16.9. The number of piperidine rings is 1. The molecular weight excluding hydrogens is 276 g/mol. The van der Waals surface area contributed by atoms with E-state index in [9.17, 15) is 4.79 Å². The Morgan fingerprint density at radius 2 is 2.35 bits per heavy atom. The lowest BCUT2D eigenvalue weighted by Gasteiger charge is -2.31. The van der Waals surface area contributed by atoms with Crippen molar-refractivity contribution in [2.75, 3.05) is 26.2 Å². The SMILES string of the molecule is Cl.NCCNC(=O)C1CCCN(Cc2ccccn2)C1. The zero-order valence-electron chi connectivity index (χ0n) is 11.6. The smallest absolute Gasteiger partial charge is 0.224 e. The van der Waals surface area contributed by atoms with Crippen molar-refractivity contribution in [2.24, 2.45) is 11.7 Å². The van der Waals surface area contributed by atoms with Gasteiger partial charge in [0.15, 0.2) is 0 Å². The van der Waals surface area contributed by atoms with Crippen LogP contribution < -0.4 is 11.1 Å². The van der Waals surface area contributed by atoms with Crippen molar-refractivity contribution < 1.29 is 4.79 Å². The molecule has 112 valence electrons. The minimum atomic E-state index is 0. The Balaban J connectivity index is 0.00000200. The van der Waals surface area contributed by atoms with Crippen LogP contribution in [0, 0.1) is 5.92 Å². The lowest BCUT2D eigenvalue weighted by atomic mass is 9.97. The van der Waals surface area contributed by atoms with Crippen LogP contribution in [0.15, 0.2) is 24.4 Å². The average Bonchev–Trinajstić information content (AvgIpc) is 2.46. The van der Waals surface area contributed by atoms with Gasteiger partial charge >= 0.3 is 0 Å². The Morgan fingerprint density at radius 3 is 3.05 bits per heavy atom. The summed E-state index contributed by atoms with van der Waals surface area (Å²) >= 11 is 0. The summed E-state index contributed by atoms with van der Waals surface area (Å²) in [6, 6.07) is 5.94. The predicted octanol–water partition coefficient (Wildman–Crippen LogP) is 0.790. The fourth-order valence-corrected chi connectivity index (χ4v) is 2.47. The van der Waals surface area contributed by atoms with Gasteiger partial charge in [0, 0.05) is 32.4 Å². The van der Waals surface area contributed by atoms with E-state index in [2.05, 4.69) is 15.2 Å². The minimum Gasteiger partial charge on any atom is -0.355 e. The van der Waals surface area contributed by atoms with E-state index in [1.54, 1.807) is 0 Å². The van der Waals surface area contributed by atoms with Crippen molar-refractivity contribution in [3.8, 4) is 0 Å². The van der Waals surface area contributed by atoms with Crippen LogP contribution in [-0.4, -0.2) is 42.0 Å². The van der Waals surface area contributed by atoms with E-state index in [-0.39, 0.29) is 24.2 Å². The molecular formula is C14H23ClN4O. The molecule has 1 fully saturated rings. The van der Waals surface area contributed by atoms with Crippen molar-refractivity contribution in [2.45, 2.75) is 19.4 Å². The van der Waals surface area contributed by atoms with Crippen LogP contribution in [0.3, 0.4) is 0 Å². The molecule has 5 nitrogen and oxygen atoms in total.